The molecule has 0 bridgehead atoms. The van der Waals surface area contributed by atoms with Crippen LogP contribution in [0.15, 0.2) is 18.2 Å². The monoisotopic (exact) mass is 236 g/mol. The van der Waals surface area contributed by atoms with Gasteiger partial charge < -0.3 is 14.6 Å². The second-order valence-corrected chi connectivity index (χ2v) is 4.63. The second-order valence-electron chi connectivity index (χ2n) is 4.63. The van der Waals surface area contributed by atoms with Crippen LogP contribution in [-0.2, 0) is 5.60 Å². The van der Waals surface area contributed by atoms with Gasteiger partial charge in [-0.2, -0.15) is 0 Å². The highest BCUT2D eigenvalue weighted by Crippen LogP contribution is 2.45. The first-order valence-corrected chi connectivity index (χ1v) is 6.15. The molecule has 0 atom stereocenters. The Kier molecular flexibility index (Phi) is 3.57. The van der Waals surface area contributed by atoms with E-state index in [1.54, 1.807) is 14.2 Å². The van der Waals surface area contributed by atoms with Gasteiger partial charge in [0.05, 0.1) is 25.4 Å². The van der Waals surface area contributed by atoms with Crippen molar-refractivity contribution in [3.63, 3.8) is 0 Å². The van der Waals surface area contributed by atoms with E-state index in [0.717, 1.165) is 31.2 Å². The fourth-order valence-electron chi connectivity index (χ4n) is 2.70. The van der Waals surface area contributed by atoms with Gasteiger partial charge in [-0.1, -0.05) is 25.3 Å². The first-order valence-electron chi connectivity index (χ1n) is 6.15. The van der Waals surface area contributed by atoms with Gasteiger partial charge in [0.25, 0.3) is 0 Å². The molecule has 1 aromatic rings. The van der Waals surface area contributed by atoms with Crippen LogP contribution in [0.2, 0.25) is 0 Å². The minimum absolute atomic E-state index is 0.716. The molecule has 1 N–H and O–H groups in total. The van der Waals surface area contributed by atoms with Gasteiger partial charge in [0.2, 0.25) is 0 Å². The molecule has 0 radical (unpaired) electrons. The van der Waals surface area contributed by atoms with Crippen LogP contribution in [0, 0.1) is 0 Å². The summed E-state index contributed by atoms with van der Waals surface area (Å²) < 4.78 is 10.7. The maximum absolute atomic E-state index is 10.8. The molecule has 0 aromatic heterocycles. The van der Waals surface area contributed by atoms with E-state index in [0.29, 0.717) is 11.5 Å². The molecule has 0 aliphatic heterocycles. The van der Waals surface area contributed by atoms with Crippen molar-refractivity contribution < 1.29 is 14.6 Å². The Balaban J connectivity index is 2.47. The Bertz CT molecular complexity index is 359. The van der Waals surface area contributed by atoms with Crippen LogP contribution in [0.1, 0.15) is 37.7 Å². The average Bonchev–Trinajstić information content (AvgIpc) is 2.38. The number of hydrogen-bond donors (Lipinski definition) is 1. The van der Waals surface area contributed by atoms with E-state index in [9.17, 15) is 5.11 Å². The lowest BCUT2D eigenvalue weighted by atomic mass is 9.79. The predicted molar refractivity (Wildman–Crippen MR) is 66.5 cm³/mol. The zero-order chi connectivity index (χ0) is 12.3. The summed E-state index contributed by atoms with van der Waals surface area (Å²) in [7, 11) is 3.26. The van der Waals surface area contributed by atoms with E-state index in [4.69, 9.17) is 9.47 Å². The van der Waals surface area contributed by atoms with Crippen molar-refractivity contribution in [1.82, 2.24) is 0 Å². The van der Waals surface area contributed by atoms with Gasteiger partial charge in [-0.15, -0.1) is 0 Å². The Hall–Kier alpha value is -1.22. The lowest BCUT2D eigenvalue weighted by molar-refractivity contribution is -0.00456. The highest BCUT2D eigenvalue weighted by molar-refractivity contribution is 5.48. The van der Waals surface area contributed by atoms with E-state index in [1.807, 2.05) is 18.2 Å². The predicted octanol–water partition coefficient (Wildman–Crippen LogP) is 2.86. The minimum Gasteiger partial charge on any atom is -0.496 e. The second kappa shape index (κ2) is 4.96. The normalized spacial score (nSPS) is 18.8. The highest BCUT2D eigenvalue weighted by Gasteiger charge is 2.36. The third-order valence-electron chi connectivity index (χ3n) is 3.57. The molecule has 0 amide bonds. The molecule has 94 valence electrons. The quantitative estimate of drug-likeness (QED) is 0.877. The standard InChI is InChI=1S/C14H20O3/c1-16-11-7-6-8-12(17-2)13(11)14(15)9-4-3-5-10-14/h6-8,15H,3-5,9-10H2,1-2H3. The summed E-state index contributed by atoms with van der Waals surface area (Å²) in [5.74, 6) is 1.43. The molecule has 0 spiro atoms. The van der Waals surface area contributed by atoms with Crippen LogP contribution >= 0.6 is 0 Å². The van der Waals surface area contributed by atoms with E-state index in [-0.39, 0.29) is 0 Å². The number of methoxy groups -OCH3 is 2. The molecular weight excluding hydrogens is 216 g/mol. The zero-order valence-corrected chi connectivity index (χ0v) is 10.5. The maximum atomic E-state index is 10.8. The maximum Gasteiger partial charge on any atom is 0.128 e. The van der Waals surface area contributed by atoms with E-state index >= 15 is 0 Å². The van der Waals surface area contributed by atoms with Crippen molar-refractivity contribution in [2.24, 2.45) is 0 Å². The molecule has 0 saturated heterocycles. The van der Waals surface area contributed by atoms with Crippen molar-refractivity contribution in [3.8, 4) is 11.5 Å². The average molecular weight is 236 g/mol. The van der Waals surface area contributed by atoms with E-state index < -0.39 is 5.60 Å². The third kappa shape index (κ3) is 2.25. The zero-order valence-electron chi connectivity index (χ0n) is 10.5. The minimum atomic E-state index is -0.795. The highest BCUT2D eigenvalue weighted by atomic mass is 16.5. The van der Waals surface area contributed by atoms with Gasteiger partial charge in [0.1, 0.15) is 11.5 Å². The summed E-state index contributed by atoms with van der Waals surface area (Å²) in [6.45, 7) is 0. The van der Waals surface area contributed by atoms with Gasteiger partial charge in [0.15, 0.2) is 0 Å². The Morgan fingerprint density at radius 1 is 1.00 bits per heavy atom. The van der Waals surface area contributed by atoms with Crippen molar-refractivity contribution in [3.05, 3.63) is 23.8 Å². The van der Waals surface area contributed by atoms with E-state index in [1.165, 1.54) is 6.42 Å². The number of rotatable bonds is 3. The molecule has 1 fully saturated rings. The van der Waals surface area contributed by atoms with Crippen LogP contribution in [0.3, 0.4) is 0 Å². The van der Waals surface area contributed by atoms with Crippen LogP contribution in [0.25, 0.3) is 0 Å². The molecule has 1 aromatic carbocycles. The number of aliphatic hydroxyl groups is 1. The lowest BCUT2D eigenvalue weighted by Crippen LogP contribution is -2.29. The Labute approximate surface area is 102 Å². The summed E-state index contributed by atoms with van der Waals surface area (Å²) in [5.41, 5.74) is 0.0145. The van der Waals surface area contributed by atoms with Crippen molar-refractivity contribution in [2.45, 2.75) is 37.7 Å². The van der Waals surface area contributed by atoms with Crippen LogP contribution < -0.4 is 9.47 Å². The number of benzene rings is 1. The smallest absolute Gasteiger partial charge is 0.128 e. The lowest BCUT2D eigenvalue weighted by Gasteiger charge is -2.34. The molecule has 1 aliphatic rings. The molecule has 0 unspecified atom stereocenters. The largest absolute Gasteiger partial charge is 0.496 e. The van der Waals surface area contributed by atoms with Gasteiger partial charge in [-0.05, 0) is 25.0 Å². The SMILES string of the molecule is COc1cccc(OC)c1C1(O)CCCCC1. The van der Waals surface area contributed by atoms with Crippen LogP contribution in [0.4, 0.5) is 0 Å². The summed E-state index contributed by atoms with van der Waals surface area (Å²) in [4.78, 5) is 0. The fourth-order valence-corrected chi connectivity index (χ4v) is 2.70. The fraction of sp³-hybridized carbons (Fsp3) is 0.571. The summed E-state index contributed by atoms with van der Waals surface area (Å²) in [5, 5.41) is 10.8. The van der Waals surface area contributed by atoms with Crippen LogP contribution in [0.5, 0.6) is 11.5 Å². The first-order chi connectivity index (χ1) is 8.21. The molecule has 3 heteroatoms. The molecule has 2 rings (SSSR count). The molecule has 1 aliphatic carbocycles. The van der Waals surface area contributed by atoms with E-state index in [2.05, 4.69) is 0 Å². The van der Waals surface area contributed by atoms with Gasteiger partial charge >= 0.3 is 0 Å². The van der Waals surface area contributed by atoms with Gasteiger partial charge in [0, 0.05) is 0 Å². The molecular formula is C14H20O3. The van der Waals surface area contributed by atoms with Crippen molar-refractivity contribution in [2.75, 3.05) is 14.2 Å². The topological polar surface area (TPSA) is 38.7 Å². The third-order valence-corrected chi connectivity index (χ3v) is 3.57. The molecule has 0 heterocycles. The van der Waals surface area contributed by atoms with Gasteiger partial charge in [-0.3, -0.25) is 0 Å². The molecule has 17 heavy (non-hydrogen) atoms. The van der Waals surface area contributed by atoms with Crippen molar-refractivity contribution in [1.29, 1.82) is 0 Å². The first kappa shape index (κ1) is 12.2. The number of ether oxygens (including phenoxy) is 2. The molecule has 3 nitrogen and oxygen atoms in total. The summed E-state index contributed by atoms with van der Waals surface area (Å²) >= 11 is 0. The summed E-state index contributed by atoms with van der Waals surface area (Å²) in [6, 6.07) is 5.64. The Morgan fingerprint density at radius 2 is 1.53 bits per heavy atom. The Morgan fingerprint density at radius 3 is 2.00 bits per heavy atom. The number of hydrogen-bond acceptors (Lipinski definition) is 3. The molecule has 1 saturated carbocycles. The van der Waals surface area contributed by atoms with Gasteiger partial charge in [-0.25, -0.2) is 0 Å². The van der Waals surface area contributed by atoms with Crippen LogP contribution in [-0.4, -0.2) is 19.3 Å². The summed E-state index contributed by atoms with van der Waals surface area (Å²) in [6.07, 6.45) is 4.86. The van der Waals surface area contributed by atoms with Crippen molar-refractivity contribution >= 4 is 0 Å².